The van der Waals surface area contributed by atoms with E-state index in [1.165, 1.54) is 24.4 Å². The van der Waals surface area contributed by atoms with Crippen LogP contribution in [0.3, 0.4) is 0 Å². The lowest BCUT2D eigenvalue weighted by Gasteiger charge is -2.10. The molecule has 0 aliphatic rings. The molecular formula is C13H7BrClFN2O3. The third-order valence-corrected chi connectivity index (χ3v) is 3.27. The lowest BCUT2D eigenvalue weighted by molar-refractivity contribution is 0.0697. The van der Waals surface area contributed by atoms with E-state index in [0.717, 1.165) is 6.07 Å². The molecule has 0 aliphatic heterocycles. The summed E-state index contributed by atoms with van der Waals surface area (Å²) in [6.45, 7) is 0. The number of pyridine rings is 1. The van der Waals surface area contributed by atoms with Crippen LogP contribution in [0.5, 0.6) is 0 Å². The van der Waals surface area contributed by atoms with Gasteiger partial charge >= 0.3 is 5.97 Å². The highest BCUT2D eigenvalue weighted by Crippen LogP contribution is 2.23. The Morgan fingerprint density at radius 2 is 2.05 bits per heavy atom. The Hall–Kier alpha value is -1.99. The van der Waals surface area contributed by atoms with Crippen LogP contribution in [0.2, 0.25) is 5.15 Å². The minimum atomic E-state index is -1.36. The van der Waals surface area contributed by atoms with Crippen molar-refractivity contribution in [3.05, 3.63) is 57.0 Å². The summed E-state index contributed by atoms with van der Waals surface area (Å²) in [5.74, 6) is -2.98. The first kappa shape index (κ1) is 15.4. The van der Waals surface area contributed by atoms with Gasteiger partial charge in [0.1, 0.15) is 11.0 Å². The van der Waals surface area contributed by atoms with Gasteiger partial charge in [-0.1, -0.05) is 17.7 Å². The Kier molecular flexibility index (Phi) is 4.54. The molecule has 2 rings (SSSR count). The predicted octanol–water partition coefficient (Wildman–Crippen LogP) is 3.59. The fourth-order valence-corrected chi connectivity index (χ4v) is 2.11. The molecule has 0 saturated heterocycles. The monoisotopic (exact) mass is 372 g/mol. The van der Waals surface area contributed by atoms with Crippen LogP contribution < -0.4 is 5.32 Å². The maximum Gasteiger partial charge on any atom is 0.337 e. The number of carboxylic acids is 1. The van der Waals surface area contributed by atoms with E-state index in [9.17, 15) is 14.0 Å². The third kappa shape index (κ3) is 3.37. The smallest absolute Gasteiger partial charge is 0.337 e. The van der Waals surface area contributed by atoms with E-state index in [1.54, 1.807) is 0 Å². The molecular weight excluding hydrogens is 367 g/mol. The summed E-state index contributed by atoms with van der Waals surface area (Å²) in [4.78, 5) is 26.9. The van der Waals surface area contributed by atoms with Crippen LogP contribution in [-0.4, -0.2) is 22.0 Å². The molecule has 21 heavy (non-hydrogen) atoms. The summed E-state index contributed by atoms with van der Waals surface area (Å²) in [5.41, 5.74) is -0.792. The van der Waals surface area contributed by atoms with Crippen molar-refractivity contribution in [2.45, 2.75) is 0 Å². The molecule has 0 saturated carbocycles. The third-order valence-electron chi connectivity index (χ3n) is 2.53. The van der Waals surface area contributed by atoms with Gasteiger partial charge in [0.05, 0.1) is 16.8 Å². The van der Waals surface area contributed by atoms with E-state index in [1.807, 2.05) is 0 Å². The zero-order valence-electron chi connectivity index (χ0n) is 10.2. The van der Waals surface area contributed by atoms with E-state index in [0.29, 0.717) is 4.47 Å². The van der Waals surface area contributed by atoms with E-state index in [4.69, 9.17) is 16.7 Å². The fourth-order valence-electron chi connectivity index (χ4n) is 1.59. The molecule has 1 aromatic carbocycles. The number of halogens is 3. The maximum absolute atomic E-state index is 13.7. The average molecular weight is 374 g/mol. The Morgan fingerprint density at radius 3 is 2.71 bits per heavy atom. The van der Waals surface area contributed by atoms with E-state index >= 15 is 0 Å². The summed E-state index contributed by atoms with van der Waals surface area (Å²) in [7, 11) is 0. The standard InChI is InChI=1S/C13H7BrClFN2O3/c14-6-4-8(11(15)17-5-6)12(19)18-10-7(13(20)21)2-1-3-9(10)16/h1-5H,(H,18,19)(H,20,21). The van der Waals surface area contributed by atoms with Crippen LogP contribution in [0, 0.1) is 5.82 Å². The van der Waals surface area contributed by atoms with Crippen molar-refractivity contribution in [3.8, 4) is 0 Å². The molecule has 0 spiro atoms. The number of carboxylic acid groups (broad SMARTS) is 1. The molecule has 108 valence electrons. The van der Waals surface area contributed by atoms with Crippen molar-refractivity contribution in [2.75, 3.05) is 5.32 Å². The Morgan fingerprint density at radius 1 is 1.33 bits per heavy atom. The van der Waals surface area contributed by atoms with Gasteiger partial charge in [-0.2, -0.15) is 0 Å². The van der Waals surface area contributed by atoms with Gasteiger partial charge in [-0.05, 0) is 34.1 Å². The number of anilines is 1. The lowest BCUT2D eigenvalue weighted by Crippen LogP contribution is -2.17. The largest absolute Gasteiger partial charge is 0.478 e. The van der Waals surface area contributed by atoms with Gasteiger partial charge in [0, 0.05) is 10.7 Å². The van der Waals surface area contributed by atoms with Crippen LogP contribution in [0.1, 0.15) is 20.7 Å². The summed E-state index contributed by atoms with van der Waals surface area (Å²) < 4.78 is 14.2. The predicted molar refractivity (Wildman–Crippen MR) is 78.3 cm³/mol. The van der Waals surface area contributed by atoms with Gasteiger partial charge in [0.15, 0.2) is 0 Å². The number of carbonyl (C=O) groups excluding carboxylic acids is 1. The molecule has 5 nitrogen and oxygen atoms in total. The van der Waals surface area contributed by atoms with Gasteiger partial charge in [-0.3, -0.25) is 4.79 Å². The minimum Gasteiger partial charge on any atom is -0.478 e. The van der Waals surface area contributed by atoms with E-state index in [-0.39, 0.29) is 16.3 Å². The second-order valence-electron chi connectivity index (χ2n) is 3.91. The summed E-state index contributed by atoms with van der Waals surface area (Å²) in [6, 6.07) is 4.86. The van der Waals surface area contributed by atoms with Crippen LogP contribution in [0.15, 0.2) is 34.9 Å². The van der Waals surface area contributed by atoms with Gasteiger partial charge in [0.2, 0.25) is 0 Å². The summed E-state index contributed by atoms with van der Waals surface area (Å²) in [5, 5.41) is 11.1. The first-order valence-corrected chi connectivity index (χ1v) is 6.71. The van der Waals surface area contributed by atoms with Crippen molar-refractivity contribution in [2.24, 2.45) is 0 Å². The van der Waals surface area contributed by atoms with E-state index in [2.05, 4.69) is 26.2 Å². The highest BCUT2D eigenvalue weighted by Gasteiger charge is 2.19. The van der Waals surface area contributed by atoms with Gasteiger partial charge in [-0.25, -0.2) is 14.2 Å². The first-order chi connectivity index (χ1) is 9.90. The van der Waals surface area contributed by atoms with E-state index < -0.39 is 23.4 Å². The first-order valence-electron chi connectivity index (χ1n) is 5.54. The van der Waals surface area contributed by atoms with Crippen LogP contribution in [-0.2, 0) is 0 Å². The number of amides is 1. The van der Waals surface area contributed by atoms with Crippen molar-refractivity contribution in [1.29, 1.82) is 0 Å². The van der Waals surface area contributed by atoms with Gasteiger partial charge in [-0.15, -0.1) is 0 Å². The SMILES string of the molecule is O=C(Nc1c(F)cccc1C(=O)O)c1cc(Br)cnc1Cl. The van der Waals surface area contributed by atoms with Crippen LogP contribution >= 0.6 is 27.5 Å². The highest BCUT2D eigenvalue weighted by atomic mass is 79.9. The molecule has 0 bridgehead atoms. The van der Waals surface area contributed by atoms with Crippen LogP contribution in [0.25, 0.3) is 0 Å². The number of hydrogen-bond acceptors (Lipinski definition) is 3. The summed E-state index contributed by atoms with van der Waals surface area (Å²) in [6.07, 6.45) is 1.39. The quantitative estimate of drug-likeness (QED) is 0.806. The molecule has 8 heteroatoms. The number of para-hydroxylation sites is 1. The average Bonchev–Trinajstić information content (AvgIpc) is 2.43. The molecule has 1 aromatic heterocycles. The lowest BCUT2D eigenvalue weighted by atomic mass is 10.1. The zero-order chi connectivity index (χ0) is 15.6. The molecule has 2 N–H and O–H groups in total. The number of nitrogens with one attached hydrogen (secondary N) is 1. The second kappa shape index (κ2) is 6.19. The Labute approximate surface area is 131 Å². The zero-order valence-corrected chi connectivity index (χ0v) is 12.6. The molecule has 0 fully saturated rings. The fraction of sp³-hybridized carbons (Fsp3) is 0. The van der Waals surface area contributed by atoms with Gasteiger partial charge in [0.25, 0.3) is 5.91 Å². The molecule has 2 aromatic rings. The number of carbonyl (C=O) groups is 2. The molecule has 0 atom stereocenters. The summed E-state index contributed by atoms with van der Waals surface area (Å²) >= 11 is 8.93. The number of benzene rings is 1. The normalized spacial score (nSPS) is 10.2. The van der Waals surface area contributed by atoms with Crippen molar-refractivity contribution in [1.82, 2.24) is 4.98 Å². The molecule has 0 aliphatic carbocycles. The second-order valence-corrected chi connectivity index (χ2v) is 5.19. The topological polar surface area (TPSA) is 79.3 Å². The number of nitrogens with zero attached hydrogens (tertiary/aromatic N) is 1. The number of aromatic carboxylic acids is 1. The molecule has 1 heterocycles. The molecule has 1 amide bonds. The molecule has 0 radical (unpaired) electrons. The van der Waals surface area contributed by atoms with Crippen molar-refractivity contribution >= 4 is 45.1 Å². The molecule has 0 unspecified atom stereocenters. The number of hydrogen-bond donors (Lipinski definition) is 2. The van der Waals surface area contributed by atoms with Crippen molar-refractivity contribution in [3.63, 3.8) is 0 Å². The Balaban J connectivity index is 2.41. The highest BCUT2D eigenvalue weighted by molar-refractivity contribution is 9.10. The number of aromatic nitrogens is 1. The minimum absolute atomic E-state index is 0.00867. The Bertz CT molecular complexity index is 739. The maximum atomic E-state index is 13.7. The number of rotatable bonds is 3. The van der Waals surface area contributed by atoms with Gasteiger partial charge < -0.3 is 10.4 Å². The van der Waals surface area contributed by atoms with Crippen molar-refractivity contribution < 1.29 is 19.1 Å². The van der Waals surface area contributed by atoms with Crippen LogP contribution in [0.4, 0.5) is 10.1 Å².